The maximum absolute atomic E-state index is 12.7. The number of nitrogens with zero attached hydrogens (tertiary/aromatic N) is 3. The zero-order valence-corrected chi connectivity index (χ0v) is 14.6. The van der Waals surface area contributed by atoms with E-state index in [2.05, 4.69) is 10.3 Å². The lowest BCUT2D eigenvalue weighted by Gasteiger charge is -2.16. The fourth-order valence-corrected chi connectivity index (χ4v) is 4.03. The van der Waals surface area contributed by atoms with Crippen LogP contribution in [0.15, 0.2) is 4.79 Å². The van der Waals surface area contributed by atoms with Crippen molar-refractivity contribution in [2.24, 2.45) is 0 Å². The van der Waals surface area contributed by atoms with E-state index in [9.17, 15) is 9.59 Å². The minimum absolute atomic E-state index is 0.00536. The number of nitrogens with one attached hydrogen (secondary N) is 1. The van der Waals surface area contributed by atoms with Crippen molar-refractivity contribution >= 4 is 27.5 Å². The van der Waals surface area contributed by atoms with Gasteiger partial charge in [-0.3, -0.25) is 14.2 Å². The highest BCUT2D eigenvalue weighted by Crippen LogP contribution is 2.28. The first-order chi connectivity index (χ1) is 11.0. The Balaban J connectivity index is 1.97. The molecule has 1 N–H and O–H groups in total. The van der Waals surface area contributed by atoms with E-state index in [1.165, 1.54) is 11.3 Å². The summed E-state index contributed by atoms with van der Waals surface area (Å²) in [4.78, 5) is 33.1. The summed E-state index contributed by atoms with van der Waals surface area (Å²) in [6.07, 6.45) is 2.92. The summed E-state index contributed by atoms with van der Waals surface area (Å²) in [5.41, 5.74) is 0.761. The van der Waals surface area contributed by atoms with Gasteiger partial charge in [0, 0.05) is 26.1 Å². The molecule has 0 radical (unpaired) electrons. The zero-order chi connectivity index (χ0) is 16.6. The van der Waals surface area contributed by atoms with Gasteiger partial charge in [-0.15, -0.1) is 11.3 Å². The number of amides is 1. The van der Waals surface area contributed by atoms with E-state index in [0.29, 0.717) is 21.6 Å². The molecule has 1 aliphatic heterocycles. The van der Waals surface area contributed by atoms with Gasteiger partial charge < -0.3 is 10.2 Å². The van der Waals surface area contributed by atoms with E-state index < -0.39 is 0 Å². The highest BCUT2D eigenvalue weighted by molar-refractivity contribution is 7.20. The molecule has 0 aliphatic carbocycles. The summed E-state index contributed by atoms with van der Waals surface area (Å²) in [6, 6.07) is 0. The number of aromatic nitrogens is 2. The summed E-state index contributed by atoms with van der Waals surface area (Å²) >= 11 is 1.33. The van der Waals surface area contributed by atoms with Crippen molar-refractivity contribution in [1.82, 2.24) is 19.8 Å². The summed E-state index contributed by atoms with van der Waals surface area (Å²) < 4.78 is 1.78. The van der Waals surface area contributed by atoms with Gasteiger partial charge in [-0.05, 0) is 39.4 Å². The van der Waals surface area contributed by atoms with Crippen molar-refractivity contribution in [2.75, 3.05) is 27.2 Å². The molecule has 2 aromatic heterocycles. The number of hydrogen-bond acceptors (Lipinski definition) is 5. The molecule has 1 aliphatic rings. The first-order valence-electron chi connectivity index (χ1n) is 7.94. The Hall–Kier alpha value is -1.73. The predicted molar refractivity (Wildman–Crippen MR) is 92.4 cm³/mol. The molecule has 0 saturated heterocycles. The second-order valence-electron chi connectivity index (χ2n) is 6.24. The van der Waals surface area contributed by atoms with Crippen LogP contribution in [0.1, 0.15) is 33.9 Å². The fraction of sp³-hybridized carbons (Fsp3) is 0.562. The Morgan fingerprint density at radius 3 is 2.91 bits per heavy atom. The number of carbonyl (C=O) groups is 1. The number of hydrogen-bond donors (Lipinski definition) is 1. The number of aryl methyl sites for hydroxylation is 2. The fourth-order valence-electron chi connectivity index (χ4n) is 2.92. The summed E-state index contributed by atoms with van der Waals surface area (Å²) in [6.45, 7) is 3.95. The largest absolute Gasteiger partial charge is 0.350 e. The second kappa shape index (κ2) is 6.41. The number of likely N-dealkylation sites (N-methyl/N-ethyl adjacent to an activating group) is 1. The quantitative estimate of drug-likeness (QED) is 0.918. The van der Waals surface area contributed by atoms with Crippen molar-refractivity contribution < 1.29 is 4.79 Å². The third-order valence-electron chi connectivity index (χ3n) is 4.21. The normalized spacial score (nSPS) is 14.3. The Morgan fingerprint density at radius 1 is 1.39 bits per heavy atom. The molecule has 0 fully saturated rings. The van der Waals surface area contributed by atoms with Gasteiger partial charge in [0.1, 0.15) is 10.7 Å². The average Bonchev–Trinajstić information content (AvgIpc) is 2.84. The number of fused-ring (bicyclic) bond motifs is 2. The molecular formula is C16H22N4O2S. The maximum Gasteiger partial charge on any atom is 0.262 e. The van der Waals surface area contributed by atoms with Crippen LogP contribution in [-0.4, -0.2) is 47.5 Å². The highest BCUT2D eigenvalue weighted by Gasteiger charge is 2.22. The van der Waals surface area contributed by atoms with Gasteiger partial charge in [-0.2, -0.15) is 0 Å². The molecule has 0 unspecified atom stereocenters. The Kier molecular flexibility index (Phi) is 4.50. The molecule has 1 amide bonds. The molecule has 0 bridgehead atoms. The van der Waals surface area contributed by atoms with E-state index in [1.807, 2.05) is 25.9 Å². The van der Waals surface area contributed by atoms with Gasteiger partial charge in [-0.25, -0.2) is 4.98 Å². The van der Waals surface area contributed by atoms with Crippen LogP contribution in [0, 0.1) is 6.92 Å². The van der Waals surface area contributed by atoms with Crippen molar-refractivity contribution in [3.8, 4) is 0 Å². The van der Waals surface area contributed by atoms with Crippen LogP contribution in [0.5, 0.6) is 0 Å². The Labute approximate surface area is 139 Å². The summed E-state index contributed by atoms with van der Waals surface area (Å²) in [7, 11) is 3.93. The Morgan fingerprint density at radius 2 is 2.17 bits per heavy atom. The molecule has 2 aromatic rings. The lowest BCUT2D eigenvalue weighted by Crippen LogP contribution is -2.31. The molecule has 0 atom stereocenters. The number of rotatable bonds is 4. The smallest absolute Gasteiger partial charge is 0.262 e. The van der Waals surface area contributed by atoms with Crippen molar-refractivity contribution in [1.29, 1.82) is 0 Å². The predicted octanol–water partition coefficient (Wildman–Crippen LogP) is 1.39. The van der Waals surface area contributed by atoms with Crippen LogP contribution in [0.2, 0.25) is 0 Å². The first-order valence-corrected chi connectivity index (χ1v) is 8.76. The van der Waals surface area contributed by atoms with Gasteiger partial charge >= 0.3 is 0 Å². The molecule has 3 rings (SSSR count). The molecule has 0 aromatic carbocycles. The van der Waals surface area contributed by atoms with E-state index in [0.717, 1.165) is 43.7 Å². The molecule has 3 heterocycles. The van der Waals surface area contributed by atoms with Crippen molar-refractivity contribution in [3.63, 3.8) is 0 Å². The minimum atomic E-state index is -0.116. The van der Waals surface area contributed by atoms with Crippen LogP contribution in [0.4, 0.5) is 0 Å². The number of carbonyl (C=O) groups excluding carboxylic acids is 1. The van der Waals surface area contributed by atoms with Gasteiger partial charge in [0.2, 0.25) is 0 Å². The average molecular weight is 334 g/mol. The van der Waals surface area contributed by atoms with E-state index in [4.69, 9.17) is 0 Å². The van der Waals surface area contributed by atoms with E-state index in [1.54, 1.807) is 4.57 Å². The standard InChI is InChI=1S/C16H22N4O2S/c1-10-12-15(18-11-6-4-5-8-20(11)16(12)22)23-13(10)14(21)17-7-9-19(2)3/h4-9H2,1-3H3,(H,17,21). The zero-order valence-electron chi connectivity index (χ0n) is 13.8. The third kappa shape index (κ3) is 3.03. The molecule has 0 saturated carbocycles. The van der Waals surface area contributed by atoms with E-state index in [-0.39, 0.29) is 11.5 Å². The van der Waals surface area contributed by atoms with Crippen LogP contribution in [0.3, 0.4) is 0 Å². The number of thiophene rings is 1. The van der Waals surface area contributed by atoms with E-state index >= 15 is 0 Å². The lowest BCUT2D eigenvalue weighted by molar-refractivity contribution is 0.0954. The molecule has 0 spiro atoms. The first kappa shape index (κ1) is 16.1. The van der Waals surface area contributed by atoms with Crippen molar-refractivity contribution in [3.05, 3.63) is 26.6 Å². The molecule has 23 heavy (non-hydrogen) atoms. The molecule has 6 nitrogen and oxygen atoms in total. The monoisotopic (exact) mass is 334 g/mol. The van der Waals surface area contributed by atoms with Crippen LogP contribution in [-0.2, 0) is 13.0 Å². The van der Waals surface area contributed by atoms with Crippen LogP contribution < -0.4 is 10.9 Å². The Bertz CT molecular complexity index is 806. The summed E-state index contributed by atoms with van der Waals surface area (Å²) in [5.74, 6) is 0.740. The van der Waals surface area contributed by atoms with Gasteiger partial charge in [0.05, 0.1) is 10.3 Å². The highest BCUT2D eigenvalue weighted by atomic mass is 32.1. The van der Waals surface area contributed by atoms with Gasteiger partial charge in [0.25, 0.3) is 11.5 Å². The summed E-state index contributed by atoms with van der Waals surface area (Å²) in [5, 5.41) is 3.52. The van der Waals surface area contributed by atoms with Crippen molar-refractivity contribution in [2.45, 2.75) is 32.7 Å². The maximum atomic E-state index is 12.7. The molecule has 124 valence electrons. The van der Waals surface area contributed by atoms with Crippen LogP contribution >= 0.6 is 11.3 Å². The van der Waals surface area contributed by atoms with Gasteiger partial charge in [-0.1, -0.05) is 0 Å². The topological polar surface area (TPSA) is 67.2 Å². The minimum Gasteiger partial charge on any atom is -0.350 e. The van der Waals surface area contributed by atoms with Gasteiger partial charge in [0.15, 0.2) is 0 Å². The second-order valence-corrected chi connectivity index (χ2v) is 7.24. The lowest BCUT2D eigenvalue weighted by atomic mass is 10.1. The SMILES string of the molecule is Cc1c(C(=O)NCCN(C)C)sc2nc3n(c(=O)c12)CCCC3. The van der Waals surface area contributed by atoms with Crippen LogP contribution in [0.25, 0.3) is 10.2 Å². The molecular weight excluding hydrogens is 312 g/mol. The third-order valence-corrected chi connectivity index (χ3v) is 5.40. The molecule has 7 heteroatoms.